The van der Waals surface area contributed by atoms with Crippen molar-refractivity contribution >= 4 is 27.1 Å². The number of hydrogen-bond acceptors (Lipinski definition) is 5. The maximum atomic E-state index is 12.7. The van der Waals surface area contributed by atoms with Gasteiger partial charge in [0.2, 0.25) is 0 Å². The molecule has 0 saturated carbocycles. The van der Waals surface area contributed by atoms with Crippen LogP contribution in [0.5, 0.6) is 0 Å². The van der Waals surface area contributed by atoms with Gasteiger partial charge in [0, 0.05) is 18.7 Å². The Morgan fingerprint density at radius 2 is 2.00 bits per heavy atom. The van der Waals surface area contributed by atoms with E-state index >= 15 is 0 Å². The number of carbonyl (C=O) groups is 1. The molecule has 1 aromatic heterocycles. The normalized spacial score (nSPS) is 19.7. The average molecular weight is 350 g/mol. The van der Waals surface area contributed by atoms with Crippen molar-refractivity contribution in [1.82, 2.24) is 9.88 Å². The summed E-state index contributed by atoms with van der Waals surface area (Å²) < 4.78 is 23.2. The third kappa shape index (κ3) is 3.30. The lowest BCUT2D eigenvalue weighted by Gasteiger charge is -2.22. The van der Waals surface area contributed by atoms with Gasteiger partial charge in [-0.25, -0.2) is 13.4 Å². The zero-order valence-electron chi connectivity index (χ0n) is 13.0. The van der Waals surface area contributed by atoms with E-state index < -0.39 is 9.84 Å². The minimum absolute atomic E-state index is 0.0542. The van der Waals surface area contributed by atoms with Gasteiger partial charge in [-0.1, -0.05) is 30.3 Å². The Bertz CT molecular complexity index is 828. The number of hydrogen-bond donors (Lipinski definition) is 0. The zero-order chi connectivity index (χ0) is 16.6. The molecule has 122 valence electrons. The molecule has 0 aliphatic carbocycles. The Balaban J connectivity index is 1.84. The van der Waals surface area contributed by atoms with Gasteiger partial charge >= 0.3 is 0 Å². The Hall–Kier alpha value is -1.73. The third-order valence-electron chi connectivity index (χ3n) is 4.09. The molecule has 0 N–H and O–H groups in total. The van der Waals surface area contributed by atoms with Gasteiger partial charge in [0.1, 0.15) is 9.88 Å². The highest BCUT2D eigenvalue weighted by Gasteiger charge is 2.34. The van der Waals surface area contributed by atoms with Gasteiger partial charge in [-0.2, -0.15) is 0 Å². The predicted molar refractivity (Wildman–Crippen MR) is 91.4 cm³/mol. The summed E-state index contributed by atoms with van der Waals surface area (Å²) in [6.45, 7) is 1.81. The third-order valence-corrected chi connectivity index (χ3v) is 7.03. The second kappa shape index (κ2) is 6.05. The van der Waals surface area contributed by atoms with Crippen LogP contribution in [-0.2, 0) is 9.84 Å². The van der Waals surface area contributed by atoms with Gasteiger partial charge in [-0.05, 0) is 13.3 Å². The van der Waals surface area contributed by atoms with Crippen LogP contribution in [0.2, 0.25) is 0 Å². The number of benzene rings is 1. The van der Waals surface area contributed by atoms with Crippen LogP contribution in [0, 0.1) is 6.92 Å². The van der Waals surface area contributed by atoms with Crippen LogP contribution in [0.1, 0.15) is 21.8 Å². The standard InChI is InChI=1S/C16H18N2O3S2/c1-11-14(22-15(17-11)12-6-4-3-5-7-12)16(19)18(2)13-8-9-23(20,21)10-13/h3-7,13H,8-10H2,1-2H3/t13-/m0/s1. The van der Waals surface area contributed by atoms with Crippen LogP contribution in [0.4, 0.5) is 0 Å². The molecule has 1 atom stereocenters. The molecule has 0 unspecified atom stereocenters. The van der Waals surface area contributed by atoms with Crippen LogP contribution in [0.15, 0.2) is 30.3 Å². The molecule has 23 heavy (non-hydrogen) atoms. The summed E-state index contributed by atoms with van der Waals surface area (Å²) in [6, 6.07) is 9.48. The second-order valence-electron chi connectivity index (χ2n) is 5.77. The molecule has 3 rings (SSSR count). The summed E-state index contributed by atoms with van der Waals surface area (Å²) in [5, 5.41) is 0.805. The molecular formula is C16H18N2O3S2. The van der Waals surface area contributed by atoms with Gasteiger partial charge in [-0.15, -0.1) is 11.3 Å². The molecule has 1 aliphatic heterocycles. The van der Waals surface area contributed by atoms with E-state index in [1.54, 1.807) is 11.9 Å². The quantitative estimate of drug-likeness (QED) is 0.852. The highest BCUT2D eigenvalue weighted by atomic mass is 32.2. The number of sulfone groups is 1. The Morgan fingerprint density at radius 1 is 1.30 bits per heavy atom. The van der Waals surface area contributed by atoms with Crippen LogP contribution < -0.4 is 0 Å². The molecule has 0 radical (unpaired) electrons. The van der Waals surface area contributed by atoms with Crippen molar-refractivity contribution in [3.05, 3.63) is 40.9 Å². The lowest BCUT2D eigenvalue weighted by Crippen LogP contribution is -2.37. The van der Waals surface area contributed by atoms with Crippen LogP contribution >= 0.6 is 11.3 Å². The minimum Gasteiger partial charge on any atom is -0.337 e. The maximum Gasteiger partial charge on any atom is 0.265 e. The van der Waals surface area contributed by atoms with Gasteiger partial charge in [0.15, 0.2) is 9.84 Å². The summed E-state index contributed by atoms with van der Waals surface area (Å²) in [7, 11) is -1.33. The predicted octanol–water partition coefficient (Wildman–Crippen LogP) is 2.38. The first-order valence-electron chi connectivity index (χ1n) is 7.38. The molecule has 7 heteroatoms. The number of aryl methyl sites for hydroxylation is 1. The van der Waals surface area contributed by atoms with E-state index in [9.17, 15) is 13.2 Å². The fourth-order valence-corrected chi connectivity index (χ4v) is 5.53. The SMILES string of the molecule is Cc1nc(-c2ccccc2)sc1C(=O)N(C)[C@H]1CCS(=O)(=O)C1. The van der Waals surface area contributed by atoms with Crippen LogP contribution in [0.3, 0.4) is 0 Å². The summed E-state index contributed by atoms with van der Waals surface area (Å²) in [5.41, 5.74) is 1.66. The molecule has 2 aromatic rings. The molecule has 1 saturated heterocycles. The fourth-order valence-electron chi connectivity index (χ4n) is 2.71. The zero-order valence-corrected chi connectivity index (χ0v) is 14.7. The number of aromatic nitrogens is 1. The van der Waals surface area contributed by atoms with Crippen LogP contribution in [-0.4, -0.2) is 48.8 Å². The summed E-state index contributed by atoms with van der Waals surface area (Å²) >= 11 is 1.36. The Morgan fingerprint density at radius 3 is 2.61 bits per heavy atom. The van der Waals surface area contributed by atoms with Crippen molar-refractivity contribution in [3.63, 3.8) is 0 Å². The molecular weight excluding hydrogens is 332 g/mol. The van der Waals surface area contributed by atoms with Crippen molar-refractivity contribution in [2.24, 2.45) is 0 Å². The lowest BCUT2D eigenvalue weighted by atomic mass is 10.2. The Kier molecular flexibility index (Phi) is 4.25. The van der Waals surface area contributed by atoms with Gasteiger partial charge in [-0.3, -0.25) is 4.79 Å². The second-order valence-corrected chi connectivity index (χ2v) is 9.00. The van der Waals surface area contributed by atoms with Crippen molar-refractivity contribution in [3.8, 4) is 10.6 Å². The minimum atomic E-state index is -3.01. The number of nitrogens with zero attached hydrogens (tertiary/aromatic N) is 2. The van der Waals surface area contributed by atoms with E-state index in [0.29, 0.717) is 17.0 Å². The number of thiazole rings is 1. The van der Waals surface area contributed by atoms with E-state index in [0.717, 1.165) is 10.6 Å². The molecule has 0 spiro atoms. The Labute approximate surface area is 139 Å². The van der Waals surface area contributed by atoms with Gasteiger partial charge in [0.25, 0.3) is 5.91 Å². The monoisotopic (exact) mass is 350 g/mol. The molecule has 1 amide bonds. The van der Waals surface area contributed by atoms with Crippen LogP contribution in [0.25, 0.3) is 10.6 Å². The van der Waals surface area contributed by atoms with E-state index in [1.807, 2.05) is 37.3 Å². The van der Waals surface area contributed by atoms with Crippen molar-refractivity contribution in [2.45, 2.75) is 19.4 Å². The van der Waals surface area contributed by atoms with Crippen molar-refractivity contribution in [2.75, 3.05) is 18.6 Å². The first-order chi connectivity index (χ1) is 10.9. The summed E-state index contributed by atoms with van der Waals surface area (Å²) in [4.78, 5) is 19.3. The van der Waals surface area contributed by atoms with Crippen molar-refractivity contribution < 1.29 is 13.2 Å². The molecule has 1 fully saturated rings. The van der Waals surface area contributed by atoms with E-state index in [2.05, 4.69) is 4.98 Å². The molecule has 1 aliphatic rings. The van der Waals surface area contributed by atoms with Crippen molar-refractivity contribution in [1.29, 1.82) is 0 Å². The molecule has 0 bridgehead atoms. The van der Waals surface area contributed by atoms with Gasteiger partial charge in [0.05, 0.1) is 17.2 Å². The first-order valence-corrected chi connectivity index (χ1v) is 10.0. The summed E-state index contributed by atoms with van der Waals surface area (Å²) in [6.07, 6.45) is 0.508. The van der Waals surface area contributed by atoms with E-state index in [-0.39, 0.29) is 23.5 Å². The topological polar surface area (TPSA) is 67.3 Å². The fraction of sp³-hybridized carbons (Fsp3) is 0.375. The summed E-state index contributed by atoms with van der Waals surface area (Å²) in [5.74, 6) is 0.0643. The molecule has 5 nitrogen and oxygen atoms in total. The van der Waals surface area contributed by atoms with Gasteiger partial charge < -0.3 is 4.90 Å². The highest BCUT2D eigenvalue weighted by molar-refractivity contribution is 7.91. The largest absolute Gasteiger partial charge is 0.337 e. The number of carbonyl (C=O) groups excluding carboxylic acids is 1. The average Bonchev–Trinajstić information content (AvgIpc) is 3.09. The first kappa shape index (κ1) is 16.1. The van der Waals surface area contributed by atoms with E-state index in [4.69, 9.17) is 0 Å². The maximum absolute atomic E-state index is 12.7. The molecule has 2 heterocycles. The number of rotatable bonds is 3. The van der Waals surface area contributed by atoms with E-state index in [1.165, 1.54) is 11.3 Å². The molecule has 1 aromatic carbocycles. The number of amides is 1. The smallest absolute Gasteiger partial charge is 0.265 e. The lowest BCUT2D eigenvalue weighted by molar-refractivity contribution is 0.0751. The highest BCUT2D eigenvalue weighted by Crippen LogP contribution is 2.29.